The van der Waals surface area contributed by atoms with E-state index < -0.39 is 5.54 Å². The van der Waals surface area contributed by atoms with Crippen LogP contribution in [0.3, 0.4) is 0 Å². The van der Waals surface area contributed by atoms with Crippen molar-refractivity contribution in [2.75, 3.05) is 7.11 Å². The predicted octanol–water partition coefficient (Wildman–Crippen LogP) is 3.38. The van der Waals surface area contributed by atoms with Gasteiger partial charge in [0.25, 0.3) is 0 Å². The molecule has 116 valence electrons. The molecule has 1 N–H and O–H groups in total. The molecule has 1 fully saturated rings. The van der Waals surface area contributed by atoms with E-state index in [-0.39, 0.29) is 17.0 Å². The second-order valence-electron chi connectivity index (χ2n) is 5.81. The highest BCUT2D eigenvalue weighted by Crippen LogP contribution is 2.32. The molecule has 1 saturated carbocycles. The largest absolute Gasteiger partial charge is 0.468 e. The molecule has 1 aliphatic carbocycles. The molecule has 0 aromatic heterocycles. The Balaban J connectivity index is 2.02. The lowest BCUT2D eigenvalue weighted by atomic mass is 9.96. The molecule has 0 amide bonds. The van der Waals surface area contributed by atoms with Crippen LogP contribution in [0.5, 0.6) is 0 Å². The fourth-order valence-electron chi connectivity index (χ4n) is 2.48. The summed E-state index contributed by atoms with van der Waals surface area (Å²) in [7, 11) is 1.41. The van der Waals surface area contributed by atoms with Gasteiger partial charge in [0.2, 0.25) is 0 Å². The van der Waals surface area contributed by atoms with Crippen LogP contribution in [-0.4, -0.2) is 29.9 Å². The Morgan fingerprint density at radius 1 is 1.52 bits per heavy atom. The van der Waals surface area contributed by atoms with Gasteiger partial charge in [0.1, 0.15) is 11.4 Å². The van der Waals surface area contributed by atoms with Crippen molar-refractivity contribution in [2.24, 2.45) is 0 Å². The molecule has 1 aliphatic rings. The first kappa shape index (κ1) is 16.3. The number of halogens is 1. The van der Waals surface area contributed by atoms with Crippen LogP contribution in [0.15, 0.2) is 29.2 Å². The zero-order valence-electron chi connectivity index (χ0n) is 12.7. The van der Waals surface area contributed by atoms with Gasteiger partial charge in [0.05, 0.1) is 7.11 Å². The number of nitrogens with one attached hydrogen (secondary N) is 1. The molecule has 1 aromatic carbocycles. The van der Waals surface area contributed by atoms with E-state index in [1.807, 2.05) is 19.9 Å². The first-order valence-corrected chi connectivity index (χ1v) is 8.10. The third kappa shape index (κ3) is 4.45. The monoisotopic (exact) mass is 311 g/mol. The average molecular weight is 311 g/mol. The highest BCUT2D eigenvalue weighted by Gasteiger charge is 2.40. The van der Waals surface area contributed by atoms with Crippen molar-refractivity contribution in [3.05, 3.63) is 30.1 Å². The van der Waals surface area contributed by atoms with E-state index in [1.165, 1.54) is 24.9 Å². The topological polar surface area (TPSA) is 38.3 Å². The fourth-order valence-corrected chi connectivity index (χ4v) is 3.67. The SMILES string of the molecule is COC(=O)C(C)(CC(C)Sc1ccccc1F)NC1CC1. The van der Waals surface area contributed by atoms with E-state index in [2.05, 4.69) is 5.32 Å². The summed E-state index contributed by atoms with van der Waals surface area (Å²) in [5.41, 5.74) is -0.715. The van der Waals surface area contributed by atoms with Gasteiger partial charge in [-0.2, -0.15) is 0 Å². The van der Waals surface area contributed by atoms with Crippen LogP contribution in [-0.2, 0) is 9.53 Å². The lowest BCUT2D eigenvalue weighted by Crippen LogP contribution is -2.52. The van der Waals surface area contributed by atoms with E-state index in [4.69, 9.17) is 4.74 Å². The van der Waals surface area contributed by atoms with Crippen LogP contribution in [0, 0.1) is 5.82 Å². The van der Waals surface area contributed by atoms with Crippen LogP contribution in [0.25, 0.3) is 0 Å². The van der Waals surface area contributed by atoms with Gasteiger partial charge in [-0.25, -0.2) is 4.39 Å². The molecule has 0 heterocycles. The number of carbonyl (C=O) groups excluding carboxylic acids is 1. The molecule has 5 heteroatoms. The predicted molar refractivity (Wildman–Crippen MR) is 82.9 cm³/mol. The van der Waals surface area contributed by atoms with Gasteiger partial charge in [-0.05, 0) is 38.3 Å². The Morgan fingerprint density at radius 2 is 2.19 bits per heavy atom. The van der Waals surface area contributed by atoms with Gasteiger partial charge in [-0.1, -0.05) is 19.1 Å². The van der Waals surface area contributed by atoms with Crippen molar-refractivity contribution in [1.82, 2.24) is 5.32 Å². The Hall–Kier alpha value is -1.07. The number of rotatable bonds is 7. The van der Waals surface area contributed by atoms with Gasteiger partial charge in [-0.15, -0.1) is 11.8 Å². The summed E-state index contributed by atoms with van der Waals surface area (Å²) in [6, 6.07) is 7.12. The minimum atomic E-state index is -0.715. The Kier molecular flexibility index (Phi) is 5.27. The minimum absolute atomic E-state index is 0.0947. The van der Waals surface area contributed by atoms with Gasteiger partial charge >= 0.3 is 5.97 Å². The zero-order chi connectivity index (χ0) is 15.5. The summed E-state index contributed by atoms with van der Waals surface area (Å²) in [5, 5.41) is 3.46. The third-order valence-electron chi connectivity index (χ3n) is 3.60. The summed E-state index contributed by atoms with van der Waals surface area (Å²) in [5.74, 6) is -0.473. The van der Waals surface area contributed by atoms with Gasteiger partial charge in [0.15, 0.2) is 0 Å². The number of ether oxygens (including phenoxy) is 1. The second kappa shape index (κ2) is 6.79. The van der Waals surface area contributed by atoms with Crippen LogP contribution in [0.4, 0.5) is 4.39 Å². The van der Waals surface area contributed by atoms with Gasteiger partial charge in [-0.3, -0.25) is 10.1 Å². The number of esters is 1. The van der Waals surface area contributed by atoms with Crippen LogP contribution < -0.4 is 5.32 Å². The van der Waals surface area contributed by atoms with Crippen LogP contribution >= 0.6 is 11.8 Å². The number of benzene rings is 1. The molecule has 2 rings (SSSR count). The lowest BCUT2D eigenvalue weighted by Gasteiger charge is -2.30. The Morgan fingerprint density at radius 3 is 2.76 bits per heavy atom. The normalized spacial score (nSPS) is 18.9. The quantitative estimate of drug-likeness (QED) is 0.619. The smallest absolute Gasteiger partial charge is 0.325 e. The first-order chi connectivity index (χ1) is 9.94. The number of hydrogen-bond donors (Lipinski definition) is 1. The second-order valence-corrected chi connectivity index (χ2v) is 7.29. The van der Waals surface area contributed by atoms with Crippen molar-refractivity contribution in [3.63, 3.8) is 0 Å². The number of thioether (sulfide) groups is 1. The molecule has 3 nitrogen and oxygen atoms in total. The highest BCUT2D eigenvalue weighted by molar-refractivity contribution is 8.00. The van der Waals surface area contributed by atoms with Crippen molar-refractivity contribution >= 4 is 17.7 Å². The molecule has 21 heavy (non-hydrogen) atoms. The molecule has 2 atom stereocenters. The number of methoxy groups -OCH3 is 1. The summed E-state index contributed by atoms with van der Waals surface area (Å²) in [6.45, 7) is 3.88. The van der Waals surface area contributed by atoms with E-state index >= 15 is 0 Å². The number of hydrogen-bond acceptors (Lipinski definition) is 4. The summed E-state index contributed by atoms with van der Waals surface area (Å²) in [6.07, 6.45) is 2.79. The molecule has 2 unspecified atom stereocenters. The van der Waals surface area contributed by atoms with Crippen molar-refractivity contribution in [1.29, 1.82) is 0 Å². The van der Waals surface area contributed by atoms with Gasteiger partial charge < -0.3 is 4.74 Å². The van der Waals surface area contributed by atoms with Crippen molar-refractivity contribution < 1.29 is 13.9 Å². The molecule has 0 aliphatic heterocycles. The van der Waals surface area contributed by atoms with E-state index in [9.17, 15) is 9.18 Å². The zero-order valence-corrected chi connectivity index (χ0v) is 13.5. The molecular weight excluding hydrogens is 289 g/mol. The highest BCUT2D eigenvalue weighted by atomic mass is 32.2. The maximum Gasteiger partial charge on any atom is 0.325 e. The summed E-state index contributed by atoms with van der Waals surface area (Å²) < 4.78 is 18.6. The molecule has 0 spiro atoms. The van der Waals surface area contributed by atoms with Gasteiger partial charge in [0, 0.05) is 16.2 Å². The third-order valence-corrected chi connectivity index (χ3v) is 4.75. The molecule has 0 radical (unpaired) electrons. The standard InChI is InChI=1S/C16H22FNO2S/c1-11(21-14-7-5-4-6-13(14)17)10-16(2,15(19)20-3)18-12-8-9-12/h4-7,11-12,18H,8-10H2,1-3H3. The van der Waals surface area contributed by atoms with Crippen molar-refractivity contribution in [2.45, 2.75) is 54.8 Å². The van der Waals surface area contributed by atoms with E-state index in [0.717, 1.165) is 12.8 Å². The minimum Gasteiger partial charge on any atom is -0.468 e. The lowest BCUT2D eigenvalue weighted by molar-refractivity contribution is -0.148. The van der Waals surface area contributed by atoms with E-state index in [0.29, 0.717) is 17.4 Å². The fraction of sp³-hybridized carbons (Fsp3) is 0.562. The van der Waals surface area contributed by atoms with Crippen LogP contribution in [0.2, 0.25) is 0 Å². The number of carbonyl (C=O) groups is 1. The molecule has 0 bridgehead atoms. The molecule has 0 saturated heterocycles. The first-order valence-electron chi connectivity index (χ1n) is 7.22. The maximum absolute atomic E-state index is 13.7. The summed E-state index contributed by atoms with van der Waals surface area (Å²) in [4.78, 5) is 12.7. The van der Waals surface area contributed by atoms with E-state index in [1.54, 1.807) is 12.1 Å². The molecular formula is C16H22FNO2S. The van der Waals surface area contributed by atoms with Crippen molar-refractivity contribution in [3.8, 4) is 0 Å². The summed E-state index contributed by atoms with van der Waals surface area (Å²) >= 11 is 1.45. The van der Waals surface area contributed by atoms with Crippen LogP contribution in [0.1, 0.15) is 33.1 Å². The maximum atomic E-state index is 13.7. The Bertz CT molecular complexity index is 507. The average Bonchev–Trinajstić information content (AvgIpc) is 3.24. The Labute approximate surface area is 129 Å². The molecule has 1 aromatic rings.